The molecule has 2 aromatic rings. The lowest BCUT2D eigenvalue weighted by Crippen LogP contribution is -2.53. The van der Waals surface area contributed by atoms with Crippen molar-refractivity contribution in [3.63, 3.8) is 0 Å². The van der Waals surface area contributed by atoms with Crippen LogP contribution >= 0.6 is 11.6 Å². The van der Waals surface area contributed by atoms with E-state index in [1.165, 1.54) is 18.1 Å². The highest BCUT2D eigenvalue weighted by atomic mass is 35.5. The van der Waals surface area contributed by atoms with Crippen molar-refractivity contribution in [3.8, 4) is 0 Å². The third kappa shape index (κ3) is 3.85. The number of allylic oxidation sites excluding steroid dienone is 2. The third-order valence-electron chi connectivity index (χ3n) is 6.24. The second-order valence-corrected chi connectivity index (χ2v) is 8.36. The molecule has 1 N–H and O–H groups in total. The summed E-state index contributed by atoms with van der Waals surface area (Å²) in [6.45, 7) is 0. The van der Waals surface area contributed by atoms with Gasteiger partial charge >= 0.3 is 5.97 Å². The first kappa shape index (κ1) is 22.2. The molecule has 32 heavy (non-hydrogen) atoms. The molecule has 1 saturated heterocycles. The van der Waals surface area contributed by atoms with Crippen LogP contribution in [0.5, 0.6) is 0 Å². The molecule has 1 aliphatic heterocycles. The minimum Gasteiger partial charge on any atom is -0.480 e. The number of hydrogen-bond acceptors (Lipinski definition) is 3. The van der Waals surface area contributed by atoms with Crippen LogP contribution in [-0.4, -0.2) is 40.6 Å². The number of likely N-dealkylation sites (tertiary alicyclic amines) is 1. The van der Waals surface area contributed by atoms with Gasteiger partial charge in [0.25, 0.3) is 5.91 Å². The molecule has 0 spiro atoms. The Balaban J connectivity index is 1.68. The Bertz CT molecular complexity index is 1110. The summed E-state index contributed by atoms with van der Waals surface area (Å²) in [5, 5.41) is 10.3. The number of carboxylic acids is 1. The van der Waals surface area contributed by atoms with E-state index in [4.69, 9.17) is 16.3 Å². The van der Waals surface area contributed by atoms with Crippen molar-refractivity contribution >= 4 is 29.1 Å². The molecule has 1 unspecified atom stereocenters. The average molecular weight is 456 g/mol. The highest BCUT2D eigenvalue weighted by Crippen LogP contribution is 2.42. The molecule has 0 bridgehead atoms. The molecule has 1 aliphatic carbocycles. The summed E-state index contributed by atoms with van der Waals surface area (Å²) < 4.78 is 19.9. The lowest BCUT2D eigenvalue weighted by molar-refractivity contribution is -0.159. The van der Waals surface area contributed by atoms with Gasteiger partial charge in [-0.05, 0) is 42.2 Å². The summed E-state index contributed by atoms with van der Waals surface area (Å²) in [7, 11) is 1.42. The molecule has 0 saturated carbocycles. The first-order valence-electron chi connectivity index (χ1n) is 10.4. The number of carboxylic acid groups (broad SMARTS) is 1. The maximum atomic E-state index is 14.2. The van der Waals surface area contributed by atoms with Gasteiger partial charge in [-0.25, -0.2) is 9.18 Å². The van der Waals surface area contributed by atoms with E-state index in [0.29, 0.717) is 34.6 Å². The predicted molar refractivity (Wildman–Crippen MR) is 120 cm³/mol. The number of amides is 1. The maximum Gasteiger partial charge on any atom is 0.326 e. The summed E-state index contributed by atoms with van der Waals surface area (Å²) in [5.41, 5.74) is 0.397. The largest absolute Gasteiger partial charge is 0.480 e. The highest BCUT2D eigenvalue weighted by Gasteiger charge is 2.49. The molecule has 3 atom stereocenters. The first-order valence-corrected chi connectivity index (χ1v) is 10.7. The van der Waals surface area contributed by atoms with E-state index in [2.05, 4.69) is 0 Å². The van der Waals surface area contributed by atoms with E-state index < -0.39 is 29.6 Å². The minimum absolute atomic E-state index is 0.153. The van der Waals surface area contributed by atoms with Crippen LogP contribution in [0.1, 0.15) is 36.4 Å². The zero-order valence-corrected chi connectivity index (χ0v) is 18.3. The van der Waals surface area contributed by atoms with Crippen LogP contribution in [0.25, 0.3) is 5.57 Å². The molecular formula is C25H23ClFNO4. The number of methoxy groups -OCH3 is 1. The van der Waals surface area contributed by atoms with Crippen molar-refractivity contribution < 1.29 is 23.8 Å². The number of hydrogen-bond donors (Lipinski definition) is 1. The van der Waals surface area contributed by atoms with Crippen molar-refractivity contribution in [2.45, 2.75) is 36.9 Å². The van der Waals surface area contributed by atoms with E-state index in [1.807, 2.05) is 12.1 Å². The van der Waals surface area contributed by atoms with Gasteiger partial charge < -0.3 is 14.7 Å². The molecule has 5 nitrogen and oxygen atoms in total. The van der Waals surface area contributed by atoms with Crippen LogP contribution < -0.4 is 0 Å². The van der Waals surface area contributed by atoms with Crippen molar-refractivity contribution in [1.29, 1.82) is 0 Å². The Hall–Kier alpha value is -2.96. The zero-order valence-electron chi connectivity index (χ0n) is 17.5. The van der Waals surface area contributed by atoms with Gasteiger partial charge in [0, 0.05) is 24.1 Å². The van der Waals surface area contributed by atoms with Crippen molar-refractivity contribution in [2.75, 3.05) is 7.11 Å². The molecule has 7 heteroatoms. The molecule has 0 aromatic heterocycles. The topological polar surface area (TPSA) is 66.8 Å². The number of aliphatic carboxylic acids is 1. The van der Waals surface area contributed by atoms with Crippen LogP contribution in [0.15, 0.2) is 66.8 Å². The zero-order chi connectivity index (χ0) is 22.9. The van der Waals surface area contributed by atoms with Crippen molar-refractivity contribution in [3.05, 3.63) is 88.7 Å². The molecule has 1 amide bonds. The number of rotatable bonds is 5. The summed E-state index contributed by atoms with van der Waals surface area (Å²) in [6.07, 6.45) is 5.94. The van der Waals surface area contributed by atoms with Crippen LogP contribution in [0.3, 0.4) is 0 Å². The average Bonchev–Trinajstić information content (AvgIpc) is 3.24. The molecule has 4 rings (SSSR count). The molecular weight excluding hydrogens is 433 g/mol. The smallest absolute Gasteiger partial charge is 0.326 e. The fourth-order valence-corrected chi connectivity index (χ4v) is 4.78. The van der Waals surface area contributed by atoms with Gasteiger partial charge in [-0.2, -0.15) is 0 Å². The lowest BCUT2D eigenvalue weighted by Gasteiger charge is -2.38. The standard InChI is InChI=1S/C25H23ClFNO4/c1-32-25(14-12-16(13-15-25)17-6-3-5-9-20(17)27)24(31)28-21(10-11-22(28)23(29)30)18-7-2-4-8-19(18)26/h2-9,12-14,21-22H,10-11,15H2,1H3,(H,29,30)/t21-,22+,25?/m1/s1. The molecule has 1 fully saturated rings. The summed E-state index contributed by atoms with van der Waals surface area (Å²) in [5.74, 6) is -1.87. The second kappa shape index (κ2) is 8.88. The van der Waals surface area contributed by atoms with E-state index in [9.17, 15) is 19.1 Å². The Labute approximate surface area is 190 Å². The van der Waals surface area contributed by atoms with E-state index >= 15 is 0 Å². The summed E-state index contributed by atoms with van der Waals surface area (Å²) >= 11 is 6.38. The molecule has 1 heterocycles. The lowest BCUT2D eigenvalue weighted by atomic mass is 9.87. The number of carbonyl (C=O) groups is 2. The highest BCUT2D eigenvalue weighted by molar-refractivity contribution is 6.31. The van der Waals surface area contributed by atoms with Gasteiger partial charge in [-0.1, -0.05) is 60.2 Å². The summed E-state index contributed by atoms with van der Waals surface area (Å²) in [4.78, 5) is 27.2. The van der Waals surface area contributed by atoms with Crippen LogP contribution in [-0.2, 0) is 14.3 Å². The Morgan fingerprint density at radius 1 is 1.16 bits per heavy atom. The number of carbonyl (C=O) groups excluding carboxylic acids is 1. The Kier molecular flexibility index (Phi) is 6.17. The predicted octanol–water partition coefficient (Wildman–Crippen LogP) is 5.02. The van der Waals surface area contributed by atoms with Crippen molar-refractivity contribution in [2.24, 2.45) is 0 Å². The number of ether oxygens (including phenoxy) is 1. The van der Waals surface area contributed by atoms with Crippen LogP contribution in [0.2, 0.25) is 5.02 Å². The quantitative estimate of drug-likeness (QED) is 0.687. The molecule has 166 valence electrons. The number of benzene rings is 2. The fourth-order valence-electron chi connectivity index (χ4n) is 4.52. The summed E-state index contributed by atoms with van der Waals surface area (Å²) in [6, 6.07) is 12.1. The Morgan fingerprint density at radius 3 is 2.50 bits per heavy atom. The van der Waals surface area contributed by atoms with Gasteiger partial charge in [0.15, 0.2) is 5.60 Å². The van der Waals surface area contributed by atoms with Crippen molar-refractivity contribution in [1.82, 2.24) is 4.90 Å². The minimum atomic E-state index is -1.38. The van der Waals surface area contributed by atoms with E-state index in [0.717, 1.165) is 0 Å². The van der Waals surface area contributed by atoms with Gasteiger partial charge in [0.2, 0.25) is 0 Å². The maximum absolute atomic E-state index is 14.2. The van der Waals surface area contributed by atoms with Gasteiger partial charge in [0.05, 0.1) is 6.04 Å². The normalized spacial score (nSPS) is 25.0. The fraction of sp³-hybridized carbons (Fsp3) is 0.280. The third-order valence-corrected chi connectivity index (χ3v) is 6.58. The second-order valence-electron chi connectivity index (χ2n) is 7.95. The van der Waals surface area contributed by atoms with Gasteiger partial charge in [-0.3, -0.25) is 4.79 Å². The van der Waals surface area contributed by atoms with Gasteiger partial charge in [-0.15, -0.1) is 0 Å². The van der Waals surface area contributed by atoms with Crippen LogP contribution in [0, 0.1) is 5.82 Å². The number of halogens is 2. The van der Waals surface area contributed by atoms with E-state index in [1.54, 1.807) is 48.6 Å². The Morgan fingerprint density at radius 2 is 1.88 bits per heavy atom. The number of nitrogens with zero attached hydrogens (tertiary/aromatic N) is 1. The first-order chi connectivity index (χ1) is 15.4. The van der Waals surface area contributed by atoms with E-state index in [-0.39, 0.29) is 12.2 Å². The monoisotopic (exact) mass is 455 g/mol. The van der Waals surface area contributed by atoms with Gasteiger partial charge in [0.1, 0.15) is 11.9 Å². The van der Waals surface area contributed by atoms with Crippen LogP contribution in [0.4, 0.5) is 4.39 Å². The molecule has 0 radical (unpaired) electrons. The molecule has 2 aliphatic rings. The molecule has 2 aromatic carbocycles. The SMILES string of the molecule is COC1(C(=O)N2[C@@H](c3ccccc3Cl)CC[C@H]2C(=O)O)C=CC(c2ccccc2F)=CC1.